The van der Waals surface area contributed by atoms with E-state index in [1.54, 1.807) is 0 Å². The van der Waals surface area contributed by atoms with Crippen molar-refractivity contribution in [3.05, 3.63) is 35.3 Å². The Morgan fingerprint density at radius 2 is 2.18 bits per heavy atom. The highest BCUT2D eigenvalue weighted by Gasteiger charge is 2.06. The van der Waals surface area contributed by atoms with Gasteiger partial charge in [-0.1, -0.05) is 0 Å². The highest BCUT2D eigenvalue weighted by molar-refractivity contribution is 5.94. The van der Waals surface area contributed by atoms with Gasteiger partial charge in [0.2, 0.25) is 0 Å². The zero-order chi connectivity index (χ0) is 11.0. The van der Waals surface area contributed by atoms with Crippen molar-refractivity contribution in [3.63, 3.8) is 0 Å². The van der Waals surface area contributed by atoms with E-state index in [4.69, 9.17) is 4.11 Å². The second kappa shape index (κ2) is 2.78. The van der Waals surface area contributed by atoms with Gasteiger partial charge in [0, 0.05) is 6.04 Å². The Morgan fingerprint density at radius 1 is 1.55 bits per heavy atom. The summed E-state index contributed by atoms with van der Waals surface area (Å²) in [7, 11) is 0. The van der Waals surface area contributed by atoms with E-state index >= 15 is 0 Å². The smallest absolute Gasteiger partial charge is 0.162 e. The molecule has 11 heavy (non-hydrogen) atoms. The SMILES string of the molecule is [2H]c1c([2H])c(C(C)=O)c(F)c([2H])c1F. The van der Waals surface area contributed by atoms with Gasteiger partial charge in [-0.2, -0.15) is 0 Å². The molecule has 0 fully saturated rings. The van der Waals surface area contributed by atoms with Crippen LogP contribution >= 0.6 is 0 Å². The van der Waals surface area contributed by atoms with Gasteiger partial charge in [0.25, 0.3) is 0 Å². The van der Waals surface area contributed by atoms with Crippen LogP contribution in [0.2, 0.25) is 0 Å². The minimum atomic E-state index is -1.42. The Morgan fingerprint density at radius 3 is 2.73 bits per heavy atom. The fourth-order valence-electron chi connectivity index (χ4n) is 0.605. The molecule has 1 aromatic rings. The molecular formula is C8H6F2O. The van der Waals surface area contributed by atoms with Crippen LogP contribution in [0.4, 0.5) is 8.78 Å². The molecule has 0 atom stereocenters. The van der Waals surface area contributed by atoms with Crippen LogP contribution in [-0.4, -0.2) is 5.78 Å². The maximum absolute atomic E-state index is 13.1. The lowest BCUT2D eigenvalue weighted by atomic mass is 10.1. The molecule has 0 aromatic heterocycles. The Kier molecular flexibility index (Phi) is 1.16. The summed E-state index contributed by atoms with van der Waals surface area (Å²) in [4.78, 5) is 10.9. The summed E-state index contributed by atoms with van der Waals surface area (Å²) >= 11 is 0. The van der Waals surface area contributed by atoms with E-state index in [2.05, 4.69) is 0 Å². The van der Waals surface area contributed by atoms with Crippen molar-refractivity contribution >= 4 is 5.78 Å². The van der Waals surface area contributed by atoms with Gasteiger partial charge in [-0.15, -0.1) is 0 Å². The number of hydrogen-bond acceptors (Lipinski definition) is 1. The van der Waals surface area contributed by atoms with Crippen LogP contribution in [0.25, 0.3) is 0 Å². The van der Waals surface area contributed by atoms with E-state index in [1.165, 1.54) is 0 Å². The second-order valence-electron chi connectivity index (χ2n) is 1.93. The van der Waals surface area contributed by atoms with E-state index in [0.717, 1.165) is 6.92 Å². The molecule has 58 valence electrons. The lowest BCUT2D eigenvalue weighted by molar-refractivity contribution is 0.101. The lowest BCUT2D eigenvalue weighted by Gasteiger charge is -1.96. The first-order chi connectivity index (χ1) is 6.37. The molecule has 1 aromatic carbocycles. The van der Waals surface area contributed by atoms with Gasteiger partial charge < -0.3 is 0 Å². The summed E-state index contributed by atoms with van der Waals surface area (Å²) in [6, 6.07) is -2.89. The summed E-state index contributed by atoms with van der Waals surface area (Å²) in [5, 5.41) is 0. The van der Waals surface area contributed by atoms with Crippen LogP contribution in [-0.2, 0) is 0 Å². The largest absolute Gasteiger partial charge is 0.294 e. The van der Waals surface area contributed by atoms with Crippen LogP contribution in [0.1, 0.15) is 21.4 Å². The maximum Gasteiger partial charge on any atom is 0.162 e. The molecule has 1 nitrogen and oxygen atoms in total. The monoisotopic (exact) mass is 159 g/mol. The molecule has 0 heterocycles. The Balaban J connectivity index is 3.68. The quantitative estimate of drug-likeness (QED) is 0.574. The summed E-state index contributed by atoms with van der Waals surface area (Å²) < 4.78 is 47.0. The van der Waals surface area contributed by atoms with Crippen molar-refractivity contribution in [2.24, 2.45) is 0 Å². The standard InChI is InChI=1S/C8H6F2O/c1-5(11)7-3-2-6(9)4-8(7)10/h2-4H,1H3/i2D,3D,4D. The molecule has 0 unspecified atom stereocenters. The molecular weight excluding hydrogens is 150 g/mol. The summed E-state index contributed by atoms with van der Waals surface area (Å²) in [6.07, 6.45) is 0. The average Bonchev–Trinajstić information content (AvgIpc) is 2.11. The number of Topliss-reactive ketones (excluding diaryl/α,β-unsaturated/α-hetero) is 1. The molecule has 0 bridgehead atoms. The number of halogens is 2. The summed E-state index contributed by atoms with van der Waals surface area (Å²) in [5.74, 6) is -3.59. The predicted octanol–water partition coefficient (Wildman–Crippen LogP) is 2.17. The van der Waals surface area contributed by atoms with E-state index in [0.29, 0.717) is 0 Å². The molecule has 0 amide bonds. The van der Waals surface area contributed by atoms with Crippen LogP contribution in [0, 0.1) is 11.6 Å². The van der Waals surface area contributed by atoms with Crippen molar-refractivity contribution in [1.29, 1.82) is 0 Å². The fraction of sp³-hybridized carbons (Fsp3) is 0.125. The van der Waals surface area contributed by atoms with Crippen LogP contribution < -0.4 is 0 Å². The van der Waals surface area contributed by atoms with Crippen LogP contribution in [0.3, 0.4) is 0 Å². The number of benzene rings is 1. The van der Waals surface area contributed by atoms with E-state index in [9.17, 15) is 13.6 Å². The van der Waals surface area contributed by atoms with Gasteiger partial charge in [0.05, 0.1) is 9.68 Å². The zero-order valence-electron chi connectivity index (χ0n) is 8.66. The minimum absolute atomic E-state index is 0.707. The van der Waals surface area contributed by atoms with Gasteiger partial charge in [0.15, 0.2) is 5.78 Å². The third kappa shape index (κ3) is 1.61. The van der Waals surface area contributed by atoms with Gasteiger partial charge >= 0.3 is 0 Å². The molecule has 0 aliphatic heterocycles. The Hall–Kier alpha value is -1.25. The normalized spacial score (nSPS) is 13.5. The van der Waals surface area contributed by atoms with Crippen LogP contribution in [0.15, 0.2) is 18.1 Å². The first kappa shape index (κ1) is 4.59. The number of ketones is 1. The third-order valence-corrected chi connectivity index (χ3v) is 1.09. The molecule has 0 saturated heterocycles. The number of carbonyl (C=O) groups excluding carboxylic acids is 1. The van der Waals surface area contributed by atoms with Gasteiger partial charge in [-0.05, 0) is 19.0 Å². The molecule has 1 rings (SSSR count). The maximum atomic E-state index is 13.1. The number of carbonyl (C=O) groups is 1. The number of hydrogen-bond donors (Lipinski definition) is 0. The van der Waals surface area contributed by atoms with Gasteiger partial charge in [0.1, 0.15) is 11.6 Å². The predicted molar refractivity (Wildman–Crippen MR) is 36.4 cm³/mol. The van der Waals surface area contributed by atoms with Crippen molar-refractivity contribution < 1.29 is 17.7 Å². The lowest BCUT2D eigenvalue weighted by Crippen LogP contribution is -1.96. The summed E-state index contributed by atoms with van der Waals surface area (Å²) in [5.41, 5.74) is -0.707. The number of rotatable bonds is 1. The molecule has 0 saturated carbocycles. The molecule has 0 spiro atoms. The second-order valence-corrected chi connectivity index (χ2v) is 1.93. The highest BCUT2D eigenvalue weighted by Crippen LogP contribution is 2.09. The zero-order valence-corrected chi connectivity index (χ0v) is 5.66. The molecule has 0 radical (unpaired) electrons. The van der Waals surface area contributed by atoms with Crippen molar-refractivity contribution in [1.82, 2.24) is 0 Å². The van der Waals surface area contributed by atoms with E-state index < -0.39 is 41.1 Å². The first-order valence-corrected chi connectivity index (χ1v) is 2.83. The fourth-order valence-corrected chi connectivity index (χ4v) is 0.605. The summed E-state index contributed by atoms with van der Waals surface area (Å²) in [6.45, 7) is 0.993. The topological polar surface area (TPSA) is 17.1 Å². The van der Waals surface area contributed by atoms with Crippen molar-refractivity contribution in [2.45, 2.75) is 6.92 Å². The van der Waals surface area contributed by atoms with Gasteiger partial charge in [-0.3, -0.25) is 4.79 Å². The average molecular weight is 159 g/mol. The van der Waals surface area contributed by atoms with E-state index in [-0.39, 0.29) is 0 Å². The van der Waals surface area contributed by atoms with Gasteiger partial charge in [-0.25, -0.2) is 8.78 Å². The van der Waals surface area contributed by atoms with E-state index in [1.807, 2.05) is 0 Å². The molecule has 0 aliphatic rings. The minimum Gasteiger partial charge on any atom is -0.294 e. The molecule has 0 N–H and O–H groups in total. The molecule has 0 aliphatic carbocycles. The third-order valence-electron chi connectivity index (χ3n) is 1.09. The Bertz CT molecular complexity index is 389. The van der Waals surface area contributed by atoms with Crippen LogP contribution in [0.5, 0.6) is 0 Å². The van der Waals surface area contributed by atoms with Crippen molar-refractivity contribution in [2.75, 3.05) is 0 Å². The first-order valence-electron chi connectivity index (χ1n) is 4.33. The molecule has 3 heteroatoms. The van der Waals surface area contributed by atoms with Crippen molar-refractivity contribution in [3.8, 4) is 0 Å². The highest BCUT2D eigenvalue weighted by atomic mass is 19.1. The Labute approximate surface area is 66.9 Å².